The van der Waals surface area contributed by atoms with Crippen molar-refractivity contribution in [3.05, 3.63) is 18.2 Å². The van der Waals surface area contributed by atoms with Gasteiger partial charge in [0, 0.05) is 37.4 Å². The molecule has 0 spiro atoms. The number of hydrogen-bond acceptors (Lipinski definition) is 4. The summed E-state index contributed by atoms with van der Waals surface area (Å²) in [5.41, 5.74) is 7.83. The molecular weight excluding hydrogens is 293 g/mol. The highest BCUT2D eigenvalue weighted by Crippen LogP contribution is 2.30. The van der Waals surface area contributed by atoms with E-state index in [0.717, 1.165) is 24.9 Å². The first-order chi connectivity index (χ1) is 10.5. The van der Waals surface area contributed by atoms with E-state index >= 15 is 0 Å². The van der Waals surface area contributed by atoms with Crippen LogP contribution in [0.5, 0.6) is 5.75 Å². The van der Waals surface area contributed by atoms with E-state index in [1.807, 2.05) is 6.07 Å². The molecule has 1 aromatic carbocycles. The number of nitrogens with two attached hydrogens (primary N) is 1. The third-order valence-electron chi connectivity index (χ3n) is 4.57. The first-order valence-electron chi connectivity index (χ1n) is 8.04. The largest absolute Gasteiger partial charge is 0.495 e. The Morgan fingerprint density at radius 2 is 2.00 bits per heavy atom. The van der Waals surface area contributed by atoms with Crippen molar-refractivity contribution in [1.82, 2.24) is 4.90 Å². The highest BCUT2D eigenvalue weighted by atomic mass is 31.1. The van der Waals surface area contributed by atoms with Crippen molar-refractivity contribution in [1.29, 1.82) is 0 Å². The van der Waals surface area contributed by atoms with Gasteiger partial charge in [-0.3, -0.25) is 0 Å². The van der Waals surface area contributed by atoms with Gasteiger partial charge < -0.3 is 20.3 Å². The molecule has 0 bridgehead atoms. The molecule has 1 fully saturated rings. The molecule has 4 nitrogen and oxygen atoms in total. The van der Waals surface area contributed by atoms with Gasteiger partial charge in [-0.1, -0.05) is 0 Å². The highest BCUT2D eigenvalue weighted by Gasteiger charge is 2.22. The fourth-order valence-corrected chi connectivity index (χ4v) is 3.72. The lowest BCUT2D eigenvalue weighted by atomic mass is 10.0. The van der Waals surface area contributed by atoms with Gasteiger partial charge in [-0.2, -0.15) is 0 Å². The second-order valence-corrected chi connectivity index (χ2v) is 9.03. The summed E-state index contributed by atoms with van der Waals surface area (Å²) in [7, 11) is 4.17. The van der Waals surface area contributed by atoms with Crippen molar-refractivity contribution in [3.63, 3.8) is 0 Å². The first kappa shape index (κ1) is 17.4. The van der Waals surface area contributed by atoms with Crippen LogP contribution in [0.4, 0.5) is 11.4 Å². The van der Waals surface area contributed by atoms with Gasteiger partial charge in [0.2, 0.25) is 0 Å². The summed E-state index contributed by atoms with van der Waals surface area (Å²) in [6.45, 7) is 8.17. The van der Waals surface area contributed by atoms with Crippen LogP contribution in [-0.2, 0) is 0 Å². The number of anilines is 2. The summed E-state index contributed by atoms with van der Waals surface area (Å²) >= 11 is 0. The molecule has 1 heterocycles. The van der Waals surface area contributed by atoms with Crippen LogP contribution in [0.15, 0.2) is 18.2 Å². The highest BCUT2D eigenvalue weighted by molar-refractivity contribution is 7.56. The van der Waals surface area contributed by atoms with E-state index in [1.165, 1.54) is 31.2 Å². The van der Waals surface area contributed by atoms with Crippen LogP contribution in [0.2, 0.25) is 0 Å². The number of piperidine rings is 1. The zero-order chi connectivity index (χ0) is 16.1. The van der Waals surface area contributed by atoms with Crippen molar-refractivity contribution in [2.75, 3.05) is 63.9 Å². The molecule has 0 aromatic heterocycles. The summed E-state index contributed by atoms with van der Waals surface area (Å²) in [6.07, 6.45) is 3.81. The average molecular weight is 323 g/mol. The Hall–Kier alpha value is -0.990. The van der Waals surface area contributed by atoms with E-state index in [1.54, 1.807) is 7.11 Å². The smallest absolute Gasteiger partial charge is 0.143 e. The van der Waals surface area contributed by atoms with E-state index in [-0.39, 0.29) is 7.92 Å². The minimum atomic E-state index is 0.214. The third kappa shape index (κ3) is 4.50. The average Bonchev–Trinajstić information content (AvgIpc) is 2.53. The summed E-state index contributed by atoms with van der Waals surface area (Å²) in [6, 6.07) is 6.82. The fraction of sp³-hybridized carbons (Fsp3) is 0.647. The summed E-state index contributed by atoms with van der Waals surface area (Å²) in [5, 5.41) is 0. The number of nitrogen functional groups attached to an aromatic ring is 1. The third-order valence-corrected chi connectivity index (χ3v) is 5.66. The van der Waals surface area contributed by atoms with Crippen LogP contribution >= 0.6 is 7.92 Å². The molecule has 0 amide bonds. The summed E-state index contributed by atoms with van der Waals surface area (Å²) in [5.74, 6) is 0.774. The van der Waals surface area contributed by atoms with E-state index in [0.29, 0.717) is 5.69 Å². The molecule has 1 aliphatic rings. The number of benzene rings is 1. The lowest BCUT2D eigenvalue weighted by Crippen LogP contribution is -2.44. The number of hydrogen-bond donors (Lipinski definition) is 1. The normalized spacial score (nSPS) is 16.5. The van der Waals surface area contributed by atoms with Gasteiger partial charge in [0.25, 0.3) is 0 Å². The molecule has 2 N–H and O–H groups in total. The Balaban J connectivity index is 1.89. The van der Waals surface area contributed by atoms with Gasteiger partial charge in [0.05, 0.1) is 12.8 Å². The Labute approximate surface area is 136 Å². The second-order valence-electron chi connectivity index (χ2n) is 6.43. The molecule has 124 valence electrons. The Bertz CT molecular complexity index is 473. The lowest BCUT2D eigenvalue weighted by molar-refractivity contribution is 0.219. The van der Waals surface area contributed by atoms with E-state index in [9.17, 15) is 0 Å². The molecule has 2 rings (SSSR count). The van der Waals surface area contributed by atoms with Crippen molar-refractivity contribution in [2.45, 2.75) is 18.9 Å². The van der Waals surface area contributed by atoms with Gasteiger partial charge in [0.1, 0.15) is 5.75 Å². The Morgan fingerprint density at radius 3 is 2.59 bits per heavy atom. The van der Waals surface area contributed by atoms with Crippen LogP contribution in [0.3, 0.4) is 0 Å². The van der Waals surface area contributed by atoms with Crippen LogP contribution in [0.25, 0.3) is 0 Å². The molecule has 0 unspecified atom stereocenters. The SMILES string of the molecule is COc1cc(N2CCC(N(C)CCP(C)C)CC2)ccc1N. The number of ether oxygens (including phenoxy) is 1. The molecule has 1 aromatic rings. The topological polar surface area (TPSA) is 41.7 Å². The molecule has 1 aliphatic heterocycles. The van der Waals surface area contributed by atoms with Crippen LogP contribution < -0.4 is 15.4 Å². The maximum Gasteiger partial charge on any atom is 0.143 e. The number of rotatable bonds is 6. The molecule has 1 saturated heterocycles. The van der Waals surface area contributed by atoms with Gasteiger partial charge in [-0.05, 0) is 51.5 Å². The van der Waals surface area contributed by atoms with E-state index in [2.05, 4.69) is 42.3 Å². The molecule has 22 heavy (non-hydrogen) atoms. The standard InChI is InChI=1S/C17H30N3OP/c1-19(11-12-22(3)4)14-7-9-20(10-8-14)15-5-6-16(18)17(13-15)21-2/h5-6,13-14H,7-12,18H2,1-4H3. The quantitative estimate of drug-likeness (QED) is 0.646. The zero-order valence-electron chi connectivity index (χ0n) is 14.4. The van der Waals surface area contributed by atoms with Crippen LogP contribution in [-0.4, -0.2) is 64.2 Å². The van der Waals surface area contributed by atoms with E-state index < -0.39 is 0 Å². The van der Waals surface area contributed by atoms with E-state index in [4.69, 9.17) is 10.5 Å². The van der Waals surface area contributed by atoms with Crippen LogP contribution in [0.1, 0.15) is 12.8 Å². The van der Waals surface area contributed by atoms with Gasteiger partial charge in [-0.15, -0.1) is 7.92 Å². The lowest BCUT2D eigenvalue weighted by Gasteiger charge is -2.38. The van der Waals surface area contributed by atoms with Gasteiger partial charge >= 0.3 is 0 Å². The predicted octanol–water partition coefficient (Wildman–Crippen LogP) is 2.92. The summed E-state index contributed by atoms with van der Waals surface area (Å²) < 4.78 is 5.33. The fourth-order valence-electron chi connectivity index (χ4n) is 3.00. The second kappa shape index (κ2) is 8.03. The molecule has 0 saturated carbocycles. The maximum atomic E-state index is 5.90. The molecular formula is C17H30N3OP. The number of methoxy groups -OCH3 is 1. The minimum Gasteiger partial charge on any atom is -0.495 e. The van der Waals surface area contributed by atoms with Gasteiger partial charge in [-0.25, -0.2) is 0 Å². The Kier molecular flexibility index (Phi) is 6.34. The van der Waals surface area contributed by atoms with Crippen molar-refractivity contribution in [2.24, 2.45) is 0 Å². The molecule has 5 heteroatoms. The van der Waals surface area contributed by atoms with Crippen molar-refractivity contribution >= 4 is 19.3 Å². The minimum absolute atomic E-state index is 0.214. The Morgan fingerprint density at radius 1 is 1.32 bits per heavy atom. The first-order valence-corrected chi connectivity index (χ1v) is 10.5. The molecule has 0 radical (unpaired) electrons. The van der Waals surface area contributed by atoms with Crippen molar-refractivity contribution in [3.8, 4) is 5.75 Å². The van der Waals surface area contributed by atoms with Gasteiger partial charge in [0.15, 0.2) is 0 Å². The predicted molar refractivity (Wildman–Crippen MR) is 98.9 cm³/mol. The molecule has 0 atom stereocenters. The number of nitrogens with zero attached hydrogens (tertiary/aromatic N) is 2. The van der Waals surface area contributed by atoms with Crippen LogP contribution in [0, 0.1) is 0 Å². The maximum absolute atomic E-state index is 5.90. The summed E-state index contributed by atoms with van der Waals surface area (Å²) in [4.78, 5) is 5.00. The van der Waals surface area contributed by atoms with Crippen molar-refractivity contribution < 1.29 is 4.74 Å². The monoisotopic (exact) mass is 323 g/mol. The zero-order valence-corrected chi connectivity index (χ0v) is 15.3. The molecule has 0 aliphatic carbocycles.